The summed E-state index contributed by atoms with van der Waals surface area (Å²) in [6.45, 7) is 6.62. The predicted molar refractivity (Wildman–Crippen MR) is 95.2 cm³/mol. The zero-order valence-electron chi connectivity index (χ0n) is 14.2. The molecule has 0 aromatic heterocycles. The molecule has 0 aliphatic heterocycles. The lowest BCUT2D eigenvalue weighted by molar-refractivity contribution is 0.241. The summed E-state index contributed by atoms with van der Waals surface area (Å²) in [6, 6.07) is 0. The number of unbranched alkanes of at least 4 members (excludes halogenated alkanes) is 5. The topological polar surface area (TPSA) is 35.2 Å². The van der Waals surface area contributed by atoms with Gasteiger partial charge < -0.3 is 4.18 Å². The first-order chi connectivity index (χ1) is 9.52. The van der Waals surface area contributed by atoms with Crippen molar-refractivity contribution in [1.82, 2.24) is 0 Å². The van der Waals surface area contributed by atoms with Crippen LogP contribution in [0.15, 0.2) is 12.2 Å². The maximum Gasteiger partial charge on any atom is 0.0690 e. The summed E-state index contributed by atoms with van der Waals surface area (Å²) >= 11 is 0. The average molecular weight is 304 g/mol. The standard InChI is InChI=1S/C17H37NOS/c1-5-7-9-10-11-12-13-15-17(3)19-20(4,18)16-14-8-6-2/h11-12,17H,5-10,13-16,18H2,1-4H3/b12-11-. The van der Waals surface area contributed by atoms with Crippen molar-refractivity contribution in [3.8, 4) is 0 Å². The Morgan fingerprint density at radius 2 is 1.60 bits per heavy atom. The molecule has 2 N–H and O–H groups in total. The number of nitrogens with two attached hydrogens (primary N) is 1. The first kappa shape index (κ1) is 20.0. The highest BCUT2D eigenvalue weighted by atomic mass is 32.3. The van der Waals surface area contributed by atoms with Crippen LogP contribution in [0.25, 0.3) is 0 Å². The molecule has 0 aliphatic rings. The van der Waals surface area contributed by atoms with Crippen LogP contribution in [-0.4, -0.2) is 18.1 Å². The Bertz CT molecular complexity index is 241. The van der Waals surface area contributed by atoms with Crippen LogP contribution in [0.2, 0.25) is 0 Å². The van der Waals surface area contributed by atoms with Crippen LogP contribution in [0.1, 0.15) is 78.6 Å². The van der Waals surface area contributed by atoms with Gasteiger partial charge in [0.05, 0.1) is 6.10 Å². The molecule has 0 spiro atoms. The van der Waals surface area contributed by atoms with Gasteiger partial charge in [-0.1, -0.05) is 62.2 Å². The van der Waals surface area contributed by atoms with E-state index in [-0.39, 0.29) is 6.10 Å². The number of hydrogen-bond acceptors (Lipinski definition) is 2. The predicted octanol–water partition coefficient (Wildman–Crippen LogP) is 5.72. The van der Waals surface area contributed by atoms with Crippen molar-refractivity contribution in [3.63, 3.8) is 0 Å². The molecule has 0 rings (SSSR count). The Balaban J connectivity index is 3.67. The Morgan fingerprint density at radius 1 is 1.00 bits per heavy atom. The third-order valence-corrected chi connectivity index (χ3v) is 5.29. The Labute approximate surface area is 129 Å². The van der Waals surface area contributed by atoms with E-state index in [9.17, 15) is 0 Å². The molecule has 2 unspecified atom stereocenters. The number of hydrogen-bond donors (Lipinski definition) is 1. The van der Waals surface area contributed by atoms with Gasteiger partial charge in [0.1, 0.15) is 0 Å². The monoisotopic (exact) mass is 303 g/mol. The van der Waals surface area contributed by atoms with Crippen LogP contribution in [0, 0.1) is 0 Å². The lowest BCUT2D eigenvalue weighted by Crippen LogP contribution is -2.21. The van der Waals surface area contributed by atoms with Gasteiger partial charge in [0.2, 0.25) is 0 Å². The molecule has 0 saturated carbocycles. The maximum absolute atomic E-state index is 6.29. The average Bonchev–Trinajstić information content (AvgIpc) is 2.37. The first-order valence-corrected chi connectivity index (χ1v) is 10.6. The van der Waals surface area contributed by atoms with Gasteiger partial charge in [0, 0.05) is 5.75 Å². The number of allylic oxidation sites excluding steroid dienone is 2. The highest BCUT2D eigenvalue weighted by Crippen LogP contribution is 2.39. The molecule has 2 atom stereocenters. The van der Waals surface area contributed by atoms with Crippen molar-refractivity contribution in [1.29, 1.82) is 0 Å². The molecular weight excluding hydrogens is 266 g/mol. The Kier molecular flexibility index (Phi) is 12.7. The van der Waals surface area contributed by atoms with Crippen molar-refractivity contribution >= 4 is 10.5 Å². The molecule has 0 aliphatic carbocycles. The van der Waals surface area contributed by atoms with Gasteiger partial charge >= 0.3 is 0 Å². The highest BCUT2D eigenvalue weighted by Gasteiger charge is 2.16. The second-order valence-corrected chi connectivity index (χ2v) is 8.68. The fourth-order valence-corrected chi connectivity index (χ4v) is 3.91. The summed E-state index contributed by atoms with van der Waals surface area (Å²) < 4.78 is 6.06. The normalized spacial score (nSPS) is 18.1. The fourth-order valence-electron chi connectivity index (χ4n) is 2.19. The molecule has 0 radical (unpaired) electrons. The lowest BCUT2D eigenvalue weighted by atomic mass is 10.1. The van der Waals surface area contributed by atoms with Crippen LogP contribution < -0.4 is 5.14 Å². The summed E-state index contributed by atoms with van der Waals surface area (Å²) in [5.41, 5.74) is 0. The van der Waals surface area contributed by atoms with Gasteiger partial charge in [-0.2, -0.15) is 0 Å². The molecule has 3 heteroatoms. The fraction of sp³-hybridized carbons (Fsp3) is 0.882. The SMILES string of the molecule is CCCCC/C=C\CCC(C)OS(C)(N)CCCCC. The van der Waals surface area contributed by atoms with Gasteiger partial charge in [-0.3, -0.25) is 5.14 Å². The summed E-state index contributed by atoms with van der Waals surface area (Å²) in [7, 11) is -1.33. The highest BCUT2D eigenvalue weighted by molar-refractivity contribution is 8.27. The minimum absolute atomic E-state index is 0.280. The third-order valence-electron chi connectivity index (χ3n) is 3.42. The summed E-state index contributed by atoms with van der Waals surface area (Å²) in [6.07, 6.45) is 18.1. The van der Waals surface area contributed by atoms with E-state index >= 15 is 0 Å². The molecule has 0 aromatic carbocycles. The van der Waals surface area contributed by atoms with Crippen LogP contribution in [0.4, 0.5) is 0 Å². The molecule has 0 amide bonds. The number of rotatable bonds is 13. The van der Waals surface area contributed by atoms with E-state index in [4.69, 9.17) is 9.32 Å². The largest absolute Gasteiger partial charge is 0.321 e. The lowest BCUT2D eigenvalue weighted by Gasteiger charge is -2.33. The van der Waals surface area contributed by atoms with Gasteiger partial charge in [-0.15, -0.1) is 0 Å². The first-order valence-electron chi connectivity index (χ1n) is 8.38. The van der Waals surface area contributed by atoms with E-state index < -0.39 is 10.5 Å². The Morgan fingerprint density at radius 3 is 2.25 bits per heavy atom. The van der Waals surface area contributed by atoms with Crippen LogP contribution in [-0.2, 0) is 4.18 Å². The third kappa shape index (κ3) is 13.0. The van der Waals surface area contributed by atoms with Crippen molar-refractivity contribution in [3.05, 3.63) is 12.2 Å². The minimum Gasteiger partial charge on any atom is -0.321 e. The van der Waals surface area contributed by atoms with E-state index in [1.807, 2.05) is 0 Å². The summed E-state index contributed by atoms with van der Waals surface area (Å²) in [5, 5.41) is 6.29. The molecule has 20 heavy (non-hydrogen) atoms. The van der Waals surface area contributed by atoms with Gasteiger partial charge in [-0.25, -0.2) is 0 Å². The molecule has 2 nitrogen and oxygen atoms in total. The van der Waals surface area contributed by atoms with E-state index in [2.05, 4.69) is 39.2 Å². The smallest absolute Gasteiger partial charge is 0.0690 e. The van der Waals surface area contributed by atoms with E-state index in [1.165, 1.54) is 44.9 Å². The van der Waals surface area contributed by atoms with E-state index in [0.717, 1.165) is 18.6 Å². The van der Waals surface area contributed by atoms with E-state index in [0.29, 0.717) is 0 Å². The minimum atomic E-state index is -1.33. The maximum atomic E-state index is 6.29. The second kappa shape index (κ2) is 12.7. The van der Waals surface area contributed by atoms with Crippen molar-refractivity contribution < 1.29 is 4.18 Å². The molecule has 122 valence electrons. The van der Waals surface area contributed by atoms with E-state index in [1.54, 1.807) is 0 Å². The van der Waals surface area contributed by atoms with Crippen LogP contribution >= 0.6 is 10.5 Å². The zero-order valence-corrected chi connectivity index (χ0v) is 15.0. The van der Waals surface area contributed by atoms with Gasteiger partial charge in [-0.05, 0) is 45.3 Å². The molecule has 0 aromatic rings. The summed E-state index contributed by atoms with van der Waals surface area (Å²) in [5.74, 6) is 1.04. The van der Waals surface area contributed by atoms with Crippen molar-refractivity contribution in [2.24, 2.45) is 5.14 Å². The molecular formula is C17H37NOS. The summed E-state index contributed by atoms with van der Waals surface area (Å²) in [4.78, 5) is 0. The molecule has 0 saturated heterocycles. The van der Waals surface area contributed by atoms with Crippen molar-refractivity contribution in [2.75, 3.05) is 12.0 Å². The van der Waals surface area contributed by atoms with Gasteiger partial charge in [0.15, 0.2) is 0 Å². The molecule has 0 heterocycles. The van der Waals surface area contributed by atoms with Crippen molar-refractivity contribution in [2.45, 2.75) is 84.7 Å². The van der Waals surface area contributed by atoms with Gasteiger partial charge in [0.25, 0.3) is 0 Å². The Hall–Kier alpha value is 0.01000. The molecule has 0 fully saturated rings. The van der Waals surface area contributed by atoms with Crippen LogP contribution in [0.5, 0.6) is 0 Å². The zero-order chi connectivity index (χ0) is 15.3. The quantitative estimate of drug-likeness (QED) is 0.349. The second-order valence-electron chi connectivity index (χ2n) is 5.93. The van der Waals surface area contributed by atoms with Crippen LogP contribution in [0.3, 0.4) is 0 Å². The molecule has 0 bridgehead atoms.